The van der Waals surface area contributed by atoms with Crippen LogP contribution in [0.5, 0.6) is 0 Å². The predicted octanol–water partition coefficient (Wildman–Crippen LogP) is 3.41. The van der Waals surface area contributed by atoms with Crippen molar-refractivity contribution in [1.29, 1.82) is 0 Å². The molecule has 5 heteroatoms. The van der Waals surface area contributed by atoms with E-state index in [2.05, 4.69) is 23.7 Å². The second-order valence-corrected chi connectivity index (χ2v) is 5.86. The van der Waals surface area contributed by atoms with Gasteiger partial charge in [0.25, 0.3) is 0 Å². The largest absolute Gasteiger partial charge is 0.300 e. The molecule has 96 valence electrons. The van der Waals surface area contributed by atoms with Crippen molar-refractivity contribution >= 4 is 28.8 Å². The molecule has 0 amide bonds. The summed E-state index contributed by atoms with van der Waals surface area (Å²) < 4.78 is 2.04. The quantitative estimate of drug-likeness (QED) is 0.800. The normalized spacial score (nSPS) is 16.5. The highest BCUT2D eigenvalue weighted by Crippen LogP contribution is 2.27. The van der Waals surface area contributed by atoms with Gasteiger partial charge in [0.15, 0.2) is 5.65 Å². The molecule has 1 aliphatic heterocycles. The van der Waals surface area contributed by atoms with Crippen molar-refractivity contribution in [3.63, 3.8) is 0 Å². The third-order valence-corrected chi connectivity index (χ3v) is 4.03. The van der Waals surface area contributed by atoms with Gasteiger partial charge in [-0.2, -0.15) is 0 Å². The molecule has 2 aromatic heterocycles. The number of nitrogens with zero attached hydrogens (tertiary/aromatic N) is 3. The fourth-order valence-electron chi connectivity index (χ4n) is 2.50. The monoisotopic (exact) mass is 283 g/mol. The van der Waals surface area contributed by atoms with Crippen LogP contribution < -0.4 is 0 Å². The van der Waals surface area contributed by atoms with Gasteiger partial charge in [-0.15, -0.1) is 0 Å². The fourth-order valence-corrected chi connectivity index (χ4v) is 3.01. The van der Waals surface area contributed by atoms with Crippen molar-refractivity contribution in [2.45, 2.75) is 32.9 Å². The summed E-state index contributed by atoms with van der Waals surface area (Å²) in [6.07, 6.45) is 2.88. The number of rotatable bonds is 1. The van der Waals surface area contributed by atoms with Gasteiger partial charge in [-0.3, -0.25) is 9.30 Å². The van der Waals surface area contributed by atoms with Gasteiger partial charge in [-0.05, 0) is 19.9 Å². The summed E-state index contributed by atoms with van der Waals surface area (Å²) in [5, 5.41) is 1.27. The van der Waals surface area contributed by atoms with E-state index in [1.54, 1.807) is 6.07 Å². The smallest absolute Gasteiger partial charge is 0.156 e. The molecule has 3 heterocycles. The Morgan fingerprint density at radius 2 is 2.11 bits per heavy atom. The van der Waals surface area contributed by atoms with Crippen molar-refractivity contribution in [3.05, 3.63) is 33.7 Å². The van der Waals surface area contributed by atoms with E-state index in [4.69, 9.17) is 23.2 Å². The van der Waals surface area contributed by atoms with Crippen LogP contribution in [0.2, 0.25) is 10.0 Å². The maximum atomic E-state index is 6.20. The molecule has 0 saturated carbocycles. The van der Waals surface area contributed by atoms with Crippen LogP contribution in [-0.4, -0.2) is 26.9 Å². The molecule has 3 nitrogen and oxygen atoms in total. The number of aromatic nitrogens is 2. The average Bonchev–Trinajstić information content (AvgIpc) is 2.67. The summed E-state index contributed by atoms with van der Waals surface area (Å²) in [7, 11) is 0. The first-order valence-electron chi connectivity index (χ1n) is 6.15. The lowest BCUT2D eigenvalue weighted by atomic mass is 10.1. The summed E-state index contributed by atoms with van der Waals surface area (Å²) >= 11 is 12.3. The predicted molar refractivity (Wildman–Crippen MR) is 74.5 cm³/mol. The van der Waals surface area contributed by atoms with Gasteiger partial charge < -0.3 is 0 Å². The minimum Gasteiger partial charge on any atom is -0.300 e. The van der Waals surface area contributed by atoms with E-state index in [1.165, 1.54) is 5.69 Å². The Labute approximate surface area is 116 Å². The molecule has 0 radical (unpaired) electrons. The Morgan fingerprint density at radius 1 is 1.33 bits per heavy atom. The van der Waals surface area contributed by atoms with E-state index in [0.717, 1.165) is 30.9 Å². The number of fused-ring (bicyclic) bond motifs is 3. The maximum absolute atomic E-state index is 6.20. The van der Waals surface area contributed by atoms with Crippen LogP contribution in [0.1, 0.15) is 25.2 Å². The van der Waals surface area contributed by atoms with Crippen LogP contribution >= 0.6 is 23.2 Å². The first kappa shape index (κ1) is 12.3. The van der Waals surface area contributed by atoms with Crippen molar-refractivity contribution in [3.8, 4) is 0 Å². The molecule has 0 atom stereocenters. The number of hydrogen-bond donors (Lipinski definition) is 0. The molecule has 0 bridgehead atoms. The molecule has 0 saturated heterocycles. The SMILES string of the molecule is CC(C)N1CCc2nc3c(Cl)cc(Cl)cn3c2C1. The van der Waals surface area contributed by atoms with Crippen molar-refractivity contribution in [2.75, 3.05) is 6.54 Å². The number of pyridine rings is 1. The van der Waals surface area contributed by atoms with Gasteiger partial charge in [0.05, 0.1) is 21.4 Å². The Kier molecular flexibility index (Phi) is 3.00. The second-order valence-electron chi connectivity index (χ2n) is 5.02. The molecule has 0 aliphatic carbocycles. The van der Waals surface area contributed by atoms with Gasteiger partial charge in [-0.1, -0.05) is 23.2 Å². The molecule has 0 spiro atoms. The van der Waals surface area contributed by atoms with Gasteiger partial charge in [0.2, 0.25) is 0 Å². The Morgan fingerprint density at radius 3 is 2.83 bits per heavy atom. The first-order chi connectivity index (χ1) is 8.56. The summed E-state index contributed by atoms with van der Waals surface area (Å²) in [6, 6.07) is 2.29. The Balaban J connectivity index is 2.15. The van der Waals surface area contributed by atoms with E-state index in [-0.39, 0.29) is 0 Å². The van der Waals surface area contributed by atoms with Crippen molar-refractivity contribution in [2.24, 2.45) is 0 Å². The molecular formula is C13H15Cl2N3. The number of hydrogen-bond acceptors (Lipinski definition) is 2. The molecule has 0 N–H and O–H groups in total. The van der Waals surface area contributed by atoms with Crippen LogP contribution in [0.25, 0.3) is 5.65 Å². The highest BCUT2D eigenvalue weighted by atomic mass is 35.5. The molecule has 1 aliphatic rings. The maximum Gasteiger partial charge on any atom is 0.156 e. The molecule has 0 unspecified atom stereocenters. The minimum absolute atomic E-state index is 0.540. The minimum atomic E-state index is 0.540. The van der Waals surface area contributed by atoms with Crippen LogP contribution in [0.15, 0.2) is 12.3 Å². The van der Waals surface area contributed by atoms with Gasteiger partial charge in [-0.25, -0.2) is 4.98 Å². The summed E-state index contributed by atoms with van der Waals surface area (Å²) in [6.45, 7) is 6.40. The number of halogens is 2. The van der Waals surface area contributed by atoms with Crippen LogP contribution in [0, 0.1) is 0 Å². The van der Waals surface area contributed by atoms with E-state index in [0.29, 0.717) is 16.1 Å². The fraction of sp³-hybridized carbons (Fsp3) is 0.462. The molecule has 18 heavy (non-hydrogen) atoms. The standard InChI is InChI=1S/C13H15Cl2N3/c1-8(2)17-4-3-11-12(7-17)18-6-9(14)5-10(15)13(18)16-11/h5-6,8H,3-4,7H2,1-2H3. The van der Waals surface area contributed by atoms with E-state index in [1.807, 2.05) is 10.6 Å². The van der Waals surface area contributed by atoms with Crippen molar-refractivity contribution < 1.29 is 0 Å². The van der Waals surface area contributed by atoms with Crippen LogP contribution in [0.3, 0.4) is 0 Å². The topological polar surface area (TPSA) is 20.5 Å². The molecule has 3 rings (SSSR count). The van der Waals surface area contributed by atoms with Crippen LogP contribution in [-0.2, 0) is 13.0 Å². The van der Waals surface area contributed by atoms with Crippen LogP contribution in [0.4, 0.5) is 0 Å². The van der Waals surface area contributed by atoms with E-state index < -0.39 is 0 Å². The zero-order chi connectivity index (χ0) is 12.9. The lowest BCUT2D eigenvalue weighted by molar-refractivity contribution is 0.199. The van der Waals surface area contributed by atoms with E-state index >= 15 is 0 Å². The first-order valence-corrected chi connectivity index (χ1v) is 6.91. The van der Waals surface area contributed by atoms with E-state index in [9.17, 15) is 0 Å². The van der Waals surface area contributed by atoms with Gasteiger partial charge >= 0.3 is 0 Å². The molecular weight excluding hydrogens is 269 g/mol. The lowest BCUT2D eigenvalue weighted by Crippen LogP contribution is -2.36. The third kappa shape index (κ3) is 1.91. The lowest BCUT2D eigenvalue weighted by Gasteiger charge is -2.29. The molecule has 0 fully saturated rings. The zero-order valence-electron chi connectivity index (χ0n) is 10.5. The molecule has 2 aromatic rings. The Hall–Kier alpha value is -0.770. The van der Waals surface area contributed by atoms with Crippen molar-refractivity contribution in [1.82, 2.24) is 14.3 Å². The zero-order valence-corrected chi connectivity index (χ0v) is 12.0. The molecule has 0 aromatic carbocycles. The average molecular weight is 284 g/mol. The summed E-state index contributed by atoms with van der Waals surface area (Å²) in [5.74, 6) is 0. The van der Waals surface area contributed by atoms with Gasteiger partial charge in [0, 0.05) is 31.7 Å². The third-order valence-electron chi connectivity index (χ3n) is 3.54. The highest BCUT2D eigenvalue weighted by molar-refractivity contribution is 6.36. The number of imidazole rings is 1. The second kappa shape index (κ2) is 4.41. The summed E-state index contributed by atoms with van der Waals surface area (Å²) in [5.41, 5.74) is 3.18. The Bertz CT molecular complexity index is 604. The van der Waals surface area contributed by atoms with Gasteiger partial charge in [0.1, 0.15) is 0 Å². The summed E-state index contributed by atoms with van der Waals surface area (Å²) in [4.78, 5) is 7.07. The highest BCUT2D eigenvalue weighted by Gasteiger charge is 2.23.